The van der Waals surface area contributed by atoms with Gasteiger partial charge in [-0.3, -0.25) is 0 Å². The molecule has 0 aliphatic carbocycles. The van der Waals surface area contributed by atoms with Crippen molar-refractivity contribution in [2.45, 2.75) is 6.92 Å². The molecule has 0 aromatic carbocycles. The summed E-state index contributed by atoms with van der Waals surface area (Å²) in [6, 6.07) is 3.02. The van der Waals surface area contributed by atoms with E-state index in [0.717, 1.165) is 0 Å². The van der Waals surface area contributed by atoms with Crippen molar-refractivity contribution < 1.29 is 9.53 Å². The van der Waals surface area contributed by atoms with E-state index in [9.17, 15) is 4.79 Å². The van der Waals surface area contributed by atoms with Crippen LogP contribution in [0.15, 0.2) is 16.7 Å². The fourth-order valence-electron chi connectivity index (χ4n) is 0.797. The zero-order valence-electron chi connectivity index (χ0n) is 6.88. The number of esters is 1. The first-order valence-electron chi connectivity index (χ1n) is 3.63. The molecule has 1 aromatic heterocycles. The lowest BCUT2D eigenvalue weighted by atomic mass is 10.3. The van der Waals surface area contributed by atoms with Crippen molar-refractivity contribution in [2.75, 3.05) is 6.61 Å². The summed E-state index contributed by atoms with van der Waals surface area (Å²) in [6.07, 6.45) is 0. The predicted octanol–water partition coefficient (Wildman–Crippen LogP) is 2.67. The maximum Gasteiger partial charge on any atom is 0.338 e. The summed E-state index contributed by atoms with van der Waals surface area (Å²) in [5, 5.41) is 0.262. The van der Waals surface area contributed by atoms with Crippen molar-refractivity contribution in [1.82, 2.24) is 4.98 Å². The first-order chi connectivity index (χ1) is 6.13. The lowest BCUT2D eigenvalue weighted by Crippen LogP contribution is -2.04. The summed E-state index contributed by atoms with van der Waals surface area (Å²) < 4.78 is 5.31. The van der Waals surface area contributed by atoms with Crippen LogP contribution in [0.2, 0.25) is 5.15 Å². The maximum atomic E-state index is 11.2. The summed E-state index contributed by atoms with van der Waals surface area (Å²) in [6.45, 7) is 2.09. The first-order valence-corrected chi connectivity index (χ1v) is 4.80. The maximum absolute atomic E-state index is 11.2. The molecule has 70 valence electrons. The molecule has 1 aromatic rings. The standard InChI is InChI=1S/C8H7BrClNO2/c1-2-13-8(12)5-3-6(9)11-7(10)4-5/h3-4H,2H2,1H3. The van der Waals surface area contributed by atoms with E-state index in [1.54, 1.807) is 13.0 Å². The summed E-state index contributed by atoms with van der Waals surface area (Å²) >= 11 is 8.77. The van der Waals surface area contributed by atoms with Crippen LogP contribution < -0.4 is 0 Å². The predicted molar refractivity (Wildman–Crippen MR) is 52.9 cm³/mol. The lowest BCUT2D eigenvalue weighted by Gasteiger charge is -2.01. The van der Waals surface area contributed by atoms with E-state index in [-0.39, 0.29) is 5.15 Å². The fourth-order valence-corrected chi connectivity index (χ4v) is 1.55. The molecule has 0 atom stereocenters. The van der Waals surface area contributed by atoms with Gasteiger partial charge < -0.3 is 4.74 Å². The number of carbonyl (C=O) groups excluding carboxylic acids is 1. The molecule has 1 heterocycles. The van der Waals surface area contributed by atoms with Gasteiger partial charge >= 0.3 is 5.97 Å². The van der Waals surface area contributed by atoms with E-state index in [2.05, 4.69) is 20.9 Å². The fraction of sp³-hybridized carbons (Fsp3) is 0.250. The third-order valence-corrected chi connectivity index (χ3v) is 1.87. The molecule has 13 heavy (non-hydrogen) atoms. The van der Waals surface area contributed by atoms with Crippen molar-refractivity contribution in [2.24, 2.45) is 0 Å². The van der Waals surface area contributed by atoms with Gasteiger partial charge in [-0.15, -0.1) is 0 Å². The van der Waals surface area contributed by atoms with E-state index < -0.39 is 5.97 Å². The zero-order valence-corrected chi connectivity index (χ0v) is 9.22. The van der Waals surface area contributed by atoms with Gasteiger partial charge in [0.2, 0.25) is 0 Å². The Bertz CT molecular complexity index is 310. The van der Waals surface area contributed by atoms with Gasteiger partial charge in [-0.2, -0.15) is 0 Å². The number of pyridine rings is 1. The number of halogens is 2. The minimum atomic E-state index is -0.396. The van der Waals surface area contributed by atoms with Gasteiger partial charge in [-0.25, -0.2) is 9.78 Å². The molecule has 0 radical (unpaired) electrons. The Balaban J connectivity index is 2.94. The molecule has 0 unspecified atom stereocenters. The number of ether oxygens (including phenoxy) is 1. The summed E-state index contributed by atoms with van der Waals surface area (Å²) in [7, 11) is 0. The van der Waals surface area contributed by atoms with Gasteiger partial charge in [-0.05, 0) is 35.0 Å². The van der Waals surface area contributed by atoms with E-state index in [1.807, 2.05) is 0 Å². The van der Waals surface area contributed by atoms with Crippen LogP contribution in [0.25, 0.3) is 0 Å². The number of hydrogen-bond donors (Lipinski definition) is 0. The molecule has 0 fully saturated rings. The Kier molecular flexibility index (Phi) is 3.69. The SMILES string of the molecule is CCOC(=O)c1cc(Cl)nc(Br)c1. The second-order valence-corrected chi connectivity index (χ2v) is 3.42. The Hall–Kier alpha value is -0.610. The molecule has 0 N–H and O–H groups in total. The molecular weight excluding hydrogens is 257 g/mol. The molecule has 1 rings (SSSR count). The van der Waals surface area contributed by atoms with Crippen LogP contribution in [0.1, 0.15) is 17.3 Å². The van der Waals surface area contributed by atoms with Crippen molar-refractivity contribution in [3.63, 3.8) is 0 Å². The van der Waals surface area contributed by atoms with Crippen LogP contribution >= 0.6 is 27.5 Å². The van der Waals surface area contributed by atoms with Gasteiger partial charge in [0.1, 0.15) is 9.76 Å². The molecule has 0 amide bonds. The van der Waals surface area contributed by atoms with Crippen LogP contribution in [0.3, 0.4) is 0 Å². The number of carbonyl (C=O) groups is 1. The smallest absolute Gasteiger partial charge is 0.338 e. The highest BCUT2D eigenvalue weighted by Crippen LogP contribution is 2.15. The van der Waals surface area contributed by atoms with E-state index in [1.165, 1.54) is 6.07 Å². The average Bonchev–Trinajstić information content (AvgIpc) is 2.03. The van der Waals surface area contributed by atoms with Crippen molar-refractivity contribution in [3.05, 3.63) is 27.5 Å². The van der Waals surface area contributed by atoms with Crippen LogP contribution in [-0.2, 0) is 4.74 Å². The monoisotopic (exact) mass is 263 g/mol. The number of aromatic nitrogens is 1. The van der Waals surface area contributed by atoms with E-state index in [0.29, 0.717) is 16.8 Å². The van der Waals surface area contributed by atoms with Crippen LogP contribution in [0.5, 0.6) is 0 Å². The van der Waals surface area contributed by atoms with Gasteiger partial charge in [-0.1, -0.05) is 11.6 Å². The Labute approximate surface area is 89.2 Å². The largest absolute Gasteiger partial charge is 0.462 e. The second kappa shape index (κ2) is 4.58. The highest BCUT2D eigenvalue weighted by molar-refractivity contribution is 9.10. The molecule has 0 spiro atoms. The first kappa shape index (κ1) is 10.5. The zero-order chi connectivity index (χ0) is 9.84. The third kappa shape index (κ3) is 2.97. The summed E-state index contributed by atoms with van der Waals surface area (Å²) in [5.74, 6) is -0.396. The van der Waals surface area contributed by atoms with Crippen LogP contribution in [0.4, 0.5) is 0 Å². The quantitative estimate of drug-likeness (QED) is 0.609. The van der Waals surface area contributed by atoms with Crippen molar-refractivity contribution >= 4 is 33.5 Å². The number of hydrogen-bond acceptors (Lipinski definition) is 3. The highest BCUT2D eigenvalue weighted by atomic mass is 79.9. The van der Waals surface area contributed by atoms with Gasteiger partial charge in [0.15, 0.2) is 0 Å². The average molecular weight is 265 g/mol. The Morgan fingerprint density at radius 2 is 2.38 bits per heavy atom. The van der Waals surface area contributed by atoms with Gasteiger partial charge in [0, 0.05) is 0 Å². The highest BCUT2D eigenvalue weighted by Gasteiger charge is 2.08. The number of nitrogens with zero attached hydrogens (tertiary/aromatic N) is 1. The number of rotatable bonds is 2. The normalized spacial score (nSPS) is 9.77. The topological polar surface area (TPSA) is 39.2 Å². The molecule has 3 nitrogen and oxygen atoms in total. The molecule has 0 saturated heterocycles. The molecule has 0 bridgehead atoms. The summed E-state index contributed by atoms with van der Waals surface area (Å²) in [5.41, 5.74) is 0.397. The van der Waals surface area contributed by atoms with E-state index in [4.69, 9.17) is 16.3 Å². The molecule has 5 heteroatoms. The Morgan fingerprint density at radius 3 is 2.92 bits per heavy atom. The van der Waals surface area contributed by atoms with Crippen molar-refractivity contribution in [1.29, 1.82) is 0 Å². The molecule has 0 aliphatic heterocycles. The van der Waals surface area contributed by atoms with E-state index >= 15 is 0 Å². The van der Waals surface area contributed by atoms with Crippen molar-refractivity contribution in [3.8, 4) is 0 Å². The van der Waals surface area contributed by atoms with Gasteiger partial charge in [0.25, 0.3) is 0 Å². The molecule has 0 saturated carbocycles. The minimum Gasteiger partial charge on any atom is -0.462 e. The van der Waals surface area contributed by atoms with Gasteiger partial charge in [0.05, 0.1) is 12.2 Å². The van der Waals surface area contributed by atoms with Crippen LogP contribution in [0, 0.1) is 0 Å². The molecule has 0 aliphatic rings. The Morgan fingerprint density at radius 1 is 1.69 bits per heavy atom. The molecular formula is C8H7BrClNO2. The second-order valence-electron chi connectivity index (χ2n) is 2.22. The summed E-state index contributed by atoms with van der Waals surface area (Å²) in [4.78, 5) is 15.1. The lowest BCUT2D eigenvalue weighted by molar-refractivity contribution is 0.0526. The van der Waals surface area contributed by atoms with Crippen LogP contribution in [-0.4, -0.2) is 17.6 Å². The minimum absolute atomic E-state index is 0.262. The third-order valence-electron chi connectivity index (χ3n) is 1.27.